The predicted molar refractivity (Wildman–Crippen MR) is 168 cm³/mol. The lowest BCUT2D eigenvalue weighted by Gasteiger charge is -2.39. The minimum atomic E-state index is -0.350. The molecule has 0 spiro atoms. The minimum absolute atomic E-state index is 0.0935. The second-order valence-corrected chi connectivity index (χ2v) is 11.2. The number of fused-ring (bicyclic) bond motifs is 1. The molecule has 0 atom stereocenters. The van der Waals surface area contributed by atoms with E-state index in [4.69, 9.17) is 11.6 Å². The molecule has 2 aromatic heterocycles. The number of anilines is 2. The summed E-state index contributed by atoms with van der Waals surface area (Å²) in [6, 6.07) is 27.4. The molecule has 7 nitrogen and oxygen atoms in total. The zero-order valence-corrected chi connectivity index (χ0v) is 24.1. The average Bonchev–Trinajstić information content (AvgIpc) is 2.97. The van der Waals surface area contributed by atoms with E-state index in [1.807, 2.05) is 49.2 Å². The van der Waals surface area contributed by atoms with Gasteiger partial charge in [-0.25, -0.2) is 4.98 Å². The largest absolute Gasteiger partial charge is 0.368 e. The lowest BCUT2D eigenvalue weighted by atomic mass is 9.89. The molecule has 0 unspecified atom stereocenters. The Kier molecular flexibility index (Phi) is 7.59. The third-order valence-corrected chi connectivity index (χ3v) is 7.76. The van der Waals surface area contributed by atoms with Gasteiger partial charge in [-0.05, 0) is 73.0 Å². The highest BCUT2D eigenvalue weighted by Gasteiger charge is 2.32. The van der Waals surface area contributed by atoms with E-state index >= 15 is 0 Å². The van der Waals surface area contributed by atoms with Crippen LogP contribution in [0.5, 0.6) is 0 Å². The van der Waals surface area contributed by atoms with Crippen LogP contribution >= 0.6 is 11.6 Å². The highest BCUT2D eigenvalue weighted by atomic mass is 35.5. The van der Waals surface area contributed by atoms with E-state index in [0.717, 1.165) is 22.0 Å². The molecule has 1 aliphatic rings. The Bertz CT molecular complexity index is 1760. The quantitative estimate of drug-likeness (QED) is 0.213. The van der Waals surface area contributed by atoms with Crippen LogP contribution in [-0.4, -0.2) is 45.8 Å². The number of hydrogen-bond acceptors (Lipinski definition) is 5. The molecule has 0 saturated carbocycles. The zero-order chi connectivity index (χ0) is 29.2. The first-order valence-electron chi connectivity index (χ1n) is 13.9. The summed E-state index contributed by atoms with van der Waals surface area (Å²) in [7, 11) is 0. The number of carbonyl (C=O) groups excluding carboxylic acids is 2. The lowest BCUT2D eigenvalue weighted by Crippen LogP contribution is -2.48. The standard InChI is InChI=1S/C34H30ClN5O2/c1-21(2)38-32-14-12-25(18-37-32)33(41)39-31-17-24(11-13-29(31)35)34(42)40-19-26(20-40)22-7-9-23(10-8-22)27-15-16-36-30-6-4-3-5-28(27)30/h3-18,21,26H,19-20H2,1-2H3,(H,37,38)(H,39,41). The van der Waals surface area contributed by atoms with Gasteiger partial charge in [-0.1, -0.05) is 54.1 Å². The molecule has 0 bridgehead atoms. The van der Waals surface area contributed by atoms with Crippen molar-refractivity contribution in [3.63, 3.8) is 0 Å². The Morgan fingerprint density at radius 1 is 0.905 bits per heavy atom. The summed E-state index contributed by atoms with van der Waals surface area (Å²) in [6.45, 7) is 5.29. The van der Waals surface area contributed by atoms with Crippen LogP contribution in [0.3, 0.4) is 0 Å². The van der Waals surface area contributed by atoms with Crippen LogP contribution in [-0.2, 0) is 0 Å². The van der Waals surface area contributed by atoms with Gasteiger partial charge in [0.2, 0.25) is 0 Å². The van der Waals surface area contributed by atoms with Gasteiger partial charge in [0.05, 0.1) is 21.8 Å². The predicted octanol–water partition coefficient (Wildman–Crippen LogP) is 7.26. The van der Waals surface area contributed by atoms with Gasteiger partial charge in [0.25, 0.3) is 11.8 Å². The first kappa shape index (κ1) is 27.4. The maximum absolute atomic E-state index is 13.3. The summed E-state index contributed by atoms with van der Waals surface area (Å²) >= 11 is 6.37. The number of amides is 2. The fourth-order valence-electron chi connectivity index (χ4n) is 5.18. The second-order valence-electron chi connectivity index (χ2n) is 10.8. The van der Waals surface area contributed by atoms with Crippen LogP contribution in [0.25, 0.3) is 22.0 Å². The molecular weight excluding hydrogens is 546 g/mol. The Labute approximate surface area is 249 Å². The smallest absolute Gasteiger partial charge is 0.257 e. The maximum Gasteiger partial charge on any atom is 0.257 e. The fourth-order valence-corrected chi connectivity index (χ4v) is 5.34. The molecule has 3 heterocycles. The monoisotopic (exact) mass is 575 g/mol. The molecule has 5 aromatic rings. The normalized spacial score (nSPS) is 13.2. The molecule has 2 N–H and O–H groups in total. The Hall–Kier alpha value is -4.75. The van der Waals surface area contributed by atoms with Crippen LogP contribution in [0.1, 0.15) is 46.0 Å². The molecule has 1 aliphatic heterocycles. The molecule has 42 heavy (non-hydrogen) atoms. The zero-order valence-electron chi connectivity index (χ0n) is 23.3. The van der Waals surface area contributed by atoms with Crippen molar-refractivity contribution in [3.8, 4) is 11.1 Å². The summed E-state index contributed by atoms with van der Waals surface area (Å²) < 4.78 is 0. The number of carbonyl (C=O) groups is 2. The number of nitrogens with one attached hydrogen (secondary N) is 2. The van der Waals surface area contributed by atoms with Crippen LogP contribution < -0.4 is 10.6 Å². The van der Waals surface area contributed by atoms with Gasteiger partial charge in [-0.3, -0.25) is 14.6 Å². The van der Waals surface area contributed by atoms with E-state index in [9.17, 15) is 9.59 Å². The minimum Gasteiger partial charge on any atom is -0.368 e. The van der Waals surface area contributed by atoms with Gasteiger partial charge in [0.15, 0.2) is 0 Å². The number of aromatic nitrogens is 2. The van der Waals surface area contributed by atoms with Crippen LogP contribution in [0.4, 0.5) is 11.5 Å². The summed E-state index contributed by atoms with van der Waals surface area (Å²) in [5.74, 6) is 0.518. The van der Waals surface area contributed by atoms with Crippen molar-refractivity contribution in [2.45, 2.75) is 25.8 Å². The van der Waals surface area contributed by atoms with E-state index in [0.29, 0.717) is 40.7 Å². The molecule has 1 saturated heterocycles. The average molecular weight is 576 g/mol. The number of rotatable bonds is 7. The highest BCUT2D eigenvalue weighted by Crippen LogP contribution is 2.33. The van der Waals surface area contributed by atoms with Crippen LogP contribution in [0, 0.1) is 0 Å². The molecule has 3 aromatic carbocycles. The number of halogens is 1. The van der Waals surface area contributed by atoms with Gasteiger partial charge in [-0.15, -0.1) is 0 Å². The first-order chi connectivity index (χ1) is 20.4. The van der Waals surface area contributed by atoms with Gasteiger partial charge >= 0.3 is 0 Å². The van der Waals surface area contributed by atoms with Crippen molar-refractivity contribution in [1.82, 2.24) is 14.9 Å². The summed E-state index contributed by atoms with van der Waals surface area (Å²) in [5.41, 5.74) is 5.72. The van der Waals surface area contributed by atoms with Gasteiger partial charge < -0.3 is 15.5 Å². The van der Waals surface area contributed by atoms with Gasteiger partial charge in [-0.2, -0.15) is 0 Å². The Morgan fingerprint density at radius 2 is 1.67 bits per heavy atom. The molecule has 1 fully saturated rings. The third kappa shape index (κ3) is 5.69. The molecule has 2 amide bonds. The first-order valence-corrected chi connectivity index (χ1v) is 14.3. The number of likely N-dealkylation sites (tertiary alicyclic amines) is 1. The van der Waals surface area contributed by atoms with Gasteiger partial charge in [0, 0.05) is 48.4 Å². The summed E-state index contributed by atoms with van der Waals surface area (Å²) in [4.78, 5) is 36.7. The summed E-state index contributed by atoms with van der Waals surface area (Å²) in [6.07, 6.45) is 3.35. The maximum atomic E-state index is 13.3. The number of nitrogens with zero attached hydrogens (tertiary/aromatic N) is 3. The Morgan fingerprint density at radius 3 is 2.40 bits per heavy atom. The third-order valence-electron chi connectivity index (χ3n) is 7.43. The SMILES string of the molecule is CC(C)Nc1ccc(C(=O)Nc2cc(C(=O)N3CC(c4ccc(-c5ccnc6ccccc56)cc4)C3)ccc2Cl)cn1. The number of para-hydroxylation sites is 1. The van der Waals surface area contributed by atoms with Crippen molar-refractivity contribution in [2.24, 2.45) is 0 Å². The molecule has 8 heteroatoms. The summed E-state index contributed by atoms with van der Waals surface area (Å²) in [5, 5.41) is 7.49. The van der Waals surface area contributed by atoms with Crippen LogP contribution in [0.15, 0.2) is 97.3 Å². The number of benzene rings is 3. The van der Waals surface area contributed by atoms with E-state index in [-0.39, 0.29) is 23.8 Å². The molecule has 6 rings (SSSR count). The van der Waals surface area contributed by atoms with E-state index in [1.54, 1.807) is 30.3 Å². The molecule has 0 radical (unpaired) electrons. The van der Waals surface area contributed by atoms with Crippen LogP contribution in [0.2, 0.25) is 5.02 Å². The van der Waals surface area contributed by atoms with Crippen molar-refractivity contribution in [3.05, 3.63) is 119 Å². The molecule has 210 valence electrons. The van der Waals surface area contributed by atoms with E-state index in [1.165, 1.54) is 11.8 Å². The second kappa shape index (κ2) is 11.6. The van der Waals surface area contributed by atoms with Crippen molar-refractivity contribution >= 4 is 45.8 Å². The fraction of sp³-hybridized carbons (Fsp3) is 0.176. The number of hydrogen-bond donors (Lipinski definition) is 2. The van der Waals surface area contributed by atoms with Crippen molar-refractivity contribution in [1.29, 1.82) is 0 Å². The highest BCUT2D eigenvalue weighted by molar-refractivity contribution is 6.34. The van der Waals surface area contributed by atoms with E-state index in [2.05, 4.69) is 50.9 Å². The lowest BCUT2D eigenvalue weighted by molar-refractivity contribution is 0.0602. The van der Waals surface area contributed by atoms with Gasteiger partial charge in [0.1, 0.15) is 5.82 Å². The van der Waals surface area contributed by atoms with Crippen molar-refractivity contribution < 1.29 is 9.59 Å². The van der Waals surface area contributed by atoms with Crippen molar-refractivity contribution in [2.75, 3.05) is 23.7 Å². The topological polar surface area (TPSA) is 87.2 Å². The molecule has 0 aliphatic carbocycles. The van der Waals surface area contributed by atoms with E-state index < -0.39 is 0 Å². The number of pyridine rings is 2. The Balaban J connectivity index is 1.09. The molecular formula is C34H30ClN5O2.